The lowest BCUT2D eigenvalue weighted by atomic mass is 10.2. The van der Waals surface area contributed by atoms with Crippen LogP contribution in [0.1, 0.15) is 5.56 Å². The highest BCUT2D eigenvalue weighted by Gasteiger charge is 2.31. The fraction of sp³-hybridized carbons (Fsp3) is 0.100. The molecule has 0 spiro atoms. The van der Waals surface area contributed by atoms with Crippen LogP contribution >= 0.6 is 22.9 Å². The van der Waals surface area contributed by atoms with Crippen LogP contribution in [0.5, 0.6) is 0 Å². The number of aromatic nitrogens is 3. The summed E-state index contributed by atoms with van der Waals surface area (Å²) < 4.78 is 39.6. The van der Waals surface area contributed by atoms with E-state index in [0.717, 1.165) is 15.0 Å². The second-order valence-electron chi connectivity index (χ2n) is 6.47. The van der Waals surface area contributed by atoms with Gasteiger partial charge in [-0.2, -0.15) is 13.2 Å². The van der Waals surface area contributed by atoms with Crippen molar-refractivity contribution < 1.29 is 18.0 Å². The van der Waals surface area contributed by atoms with Crippen LogP contribution in [0.3, 0.4) is 0 Å². The summed E-state index contributed by atoms with van der Waals surface area (Å²) in [5.74, 6) is -0.915. The Morgan fingerprint density at radius 1 is 1.16 bits per heavy atom. The molecule has 0 aliphatic rings. The molecule has 1 amide bonds. The zero-order valence-corrected chi connectivity index (χ0v) is 17.1. The van der Waals surface area contributed by atoms with Gasteiger partial charge >= 0.3 is 6.18 Å². The molecule has 0 unspecified atom stereocenters. The fourth-order valence-electron chi connectivity index (χ4n) is 2.81. The third-order valence-electron chi connectivity index (χ3n) is 4.30. The highest BCUT2D eigenvalue weighted by atomic mass is 35.5. The van der Waals surface area contributed by atoms with Gasteiger partial charge in [-0.1, -0.05) is 41.9 Å². The first kappa shape index (κ1) is 21.0. The number of nitrogens with zero attached hydrogens (tertiary/aromatic N) is 3. The van der Waals surface area contributed by atoms with Crippen LogP contribution < -0.4 is 10.9 Å². The van der Waals surface area contributed by atoms with Crippen molar-refractivity contribution in [3.63, 3.8) is 0 Å². The van der Waals surface area contributed by atoms with E-state index < -0.39 is 29.8 Å². The molecular weight excluding hydrogens is 453 g/mol. The number of fused-ring (bicyclic) bond motifs is 1. The molecule has 0 saturated heterocycles. The Balaban J connectivity index is 1.55. The topological polar surface area (TPSA) is 76.9 Å². The lowest BCUT2D eigenvalue weighted by Crippen LogP contribution is -2.27. The maximum Gasteiger partial charge on any atom is 0.417 e. The molecule has 6 nitrogen and oxygen atoms in total. The van der Waals surface area contributed by atoms with E-state index in [0.29, 0.717) is 22.5 Å². The van der Waals surface area contributed by atoms with Gasteiger partial charge in [-0.15, -0.1) is 11.3 Å². The van der Waals surface area contributed by atoms with Gasteiger partial charge in [0, 0.05) is 11.1 Å². The first-order valence-corrected chi connectivity index (χ1v) is 9.99. The Kier molecular flexibility index (Phi) is 5.50. The number of nitrogens with one attached hydrogen (secondary N) is 1. The van der Waals surface area contributed by atoms with Gasteiger partial charge in [-0.3, -0.25) is 14.2 Å². The van der Waals surface area contributed by atoms with E-state index in [4.69, 9.17) is 11.6 Å². The van der Waals surface area contributed by atoms with Gasteiger partial charge in [0.15, 0.2) is 5.82 Å². The number of amides is 1. The average Bonchev–Trinajstić information content (AvgIpc) is 3.17. The zero-order valence-electron chi connectivity index (χ0n) is 15.5. The number of thiophene rings is 1. The summed E-state index contributed by atoms with van der Waals surface area (Å²) in [4.78, 5) is 33.7. The summed E-state index contributed by atoms with van der Waals surface area (Å²) in [6.45, 7) is -0.403. The largest absolute Gasteiger partial charge is 0.417 e. The van der Waals surface area contributed by atoms with E-state index in [-0.39, 0.29) is 10.8 Å². The second-order valence-corrected chi connectivity index (χ2v) is 7.93. The number of halogens is 4. The molecule has 0 aliphatic carbocycles. The van der Waals surface area contributed by atoms with Gasteiger partial charge in [0.2, 0.25) is 5.91 Å². The van der Waals surface area contributed by atoms with Crippen LogP contribution in [0.25, 0.3) is 20.7 Å². The average molecular weight is 465 g/mol. The van der Waals surface area contributed by atoms with Crippen LogP contribution in [0.15, 0.2) is 59.8 Å². The Labute approximate surface area is 182 Å². The maximum atomic E-state index is 12.8. The van der Waals surface area contributed by atoms with Crippen molar-refractivity contribution in [1.82, 2.24) is 14.5 Å². The number of alkyl halides is 3. The number of carbonyl (C=O) groups excluding carboxylic acids is 1. The van der Waals surface area contributed by atoms with Gasteiger partial charge in [-0.05, 0) is 17.7 Å². The van der Waals surface area contributed by atoms with E-state index in [1.807, 2.05) is 30.3 Å². The molecule has 3 aromatic heterocycles. The van der Waals surface area contributed by atoms with Gasteiger partial charge in [0.25, 0.3) is 5.56 Å². The summed E-state index contributed by atoms with van der Waals surface area (Å²) in [7, 11) is 0. The smallest absolute Gasteiger partial charge is 0.308 e. The van der Waals surface area contributed by atoms with Crippen LogP contribution in [0.4, 0.5) is 19.0 Å². The van der Waals surface area contributed by atoms with Crippen molar-refractivity contribution in [2.75, 3.05) is 5.32 Å². The standard InChI is InChI=1S/C20H12ClF3N4O2S/c21-13-6-12(20(22,23)24)8-25-18(13)27-16(29)9-28-10-26-14-7-15(31-17(14)19(28)30)11-4-2-1-3-5-11/h1-8,10H,9H2,(H,25,27,29). The van der Waals surface area contributed by atoms with Crippen LogP contribution in [0.2, 0.25) is 5.02 Å². The normalized spacial score (nSPS) is 11.6. The number of anilines is 1. The molecule has 31 heavy (non-hydrogen) atoms. The van der Waals surface area contributed by atoms with Crippen molar-refractivity contribution in [3.05, 3.63) is 75.9 Å². The van der Waals surface area contributed by atoms with Crippen LogP contribution in [0, 0.1) is 0 Å². The molecule has 0 aliphatic heterocycles. The van der Waals surface area contributed by atoms with Crippen LogP contribution in [-0.2, 0) is 17.5 Å². The molecule has 0 bridgehead atoms. The monoisotopic (exact) mass is 464 g/mol. The number of benzene rings is 1. The fourth-order valence-corrected chi connectivity index (χ4v) is 4.09. The predicted molar refractivity (Wildman–Crippen MR) is 112 cm³/mol. The van der Waals surface area contributed by atoms with Crippen molar-refractivity contribution in [2.24, 2.45) is 0 Å². The minimum Gasteiger partial charge on any atom is -0.308 e. The summed E-state index contributed by atoms with van der Waals surface area (Å²) in [5, 5.41) is 1.94. The number of hydrogen-bond acceptors (Lipinski definition) is 5. The number of rotatable bonds is 4. The number of carbonyl (C=O) groups is 1. The van der Waals surface area contributed by atoms with Crippen molar-refractivity contribution >= 4 is 44.9 Å². The zero-order chi connectivity index (χ0) is 22.2. The van der Waals surface area contributed by atoms with Crippen LogP contribution in [-0.4, -0.2) is 20.4 Å². The molecule has 0 fully saturated rings. The second kappa shape index (κ2) is 8.12. The summed E-state index contributed by atoms with van der Waals surface area (Å²) in [5.41, 5.74) is 0.0160. The maximum absolute atomic E-state index is 12.8. The molecule has 0 atom stereocenters. The Bertz CT molecular complexity index is 1340. The highest BCUT2D eigenvalue weighted by molar-refractivity contribution is 7.22. The molecule has 1 N–H and O–H groups in total. The quantitative estimate of drug-likeness (QED) is 0.469. The lowest BCUT2D eigenvalue weighted by molar-refractivity contribution is -0.137. The van der Waals surface area contributed by atoms with E-state index in [1.165, 1.54) is 17.7 Å². The summed E-state index contributed by atoms with van der Waals surface area (Å²) in [6, 6.07) is 12.0. The minimum absolute atomic E-state index is 0.232. The summed E-state index contributed by atoms with van der Waals surface area (Å²) in [6.07, 6.45) is -2.79. The molecular formula is C20H12ClF3N4O2S. The van der Waals surface area contributed by atoms with Gasteiger partial charge < -0.3 is 5.32 Å². The van der Waals surface area contributed by atoms with Gasteiger partial charge in [0.1, 0.15) is 11.2 Å². The SMILES string of the molecule is O=C(Cn1cnc2cc(-c3ccccc3)sc2c1=O)Nc1ncc(C(F)(F)F)cc1Cl. The Morgan fingerprint density at radius 2 is 1.90 bits per heavy atom. The van der Waals surface area contributed by atoms with E-state index in [2.05, 4.69) is 15.3 Å². The van der Waals surface area contributed by atoms with Crippen molar-refractivity contribution in [1.29, 1.82) is 0 Å². The molecule has 4 rings (SSSR count). The number of hydrogen-bond donors (Lipinski definition) is 1. The molecule has 11 heteroatoms. The van der Waals surface area contributed by atoms with Gasteiger partial charge in [-0.25, -0.2) is 9.97 Å². The third kappa shape index (κ3) is 4.44. The molecule has 1 aromatic carbocycles. The highest BCUT2D eigenvalue weighted by Crippen LogP contribution is 2.32. The van der Waals surface area contributed by atoms with Crippen molar-refractivity contribution in [3.8, 4) is 10.4 Å². The Morgan fingerprint density at radius 3 is 2.58 bits per heavy atom. The van der Waals surface area contributed by atoms with E-state index in [1.54, 1.807) is 6.07 Å². The first-order valence-electron chi connectivity index (χ1n) is 8.79. The lowest BCUT2D eigenvalue weighted by Gasteiger charge is -2.10. The minimum atomic E-state index is -4.60. The van der Waals surface area contributed by atoms with Gasteiger partial charge in [0.05, 0.1) is 22.4 Å². The molecule has 0 saturated carbocycles. The number of pyridine rings is 1. The summed E-state index contributed by atoms with van der Waals surface area (Å²) >= 11 is 7.06. The first-order chi connectivity index (χ1) is 14.7. The predicted octanol–water partition coefficient (Wildman–Crippen LogP) is 4.83. The van der Waals surface area contributed by atoms with E-state index in [9.17, 15) is 22.8 Å². The molecule has 158 valence electrons. The third-order valence-corrected chi connectivity index (χ3v) is 5.75. The van der Waals surface area contributed by atoms with Crippen molar-refractivity contribution in [2.45, 2.75) is 12.7 Å². The Hall–Kier alpha value is -3.24. The molecule has 4 aromatic rings. The molecule has 3 heterocycles. The molecule has 0 radical (unpaired) electrons. The van der Waals surface area contributed by atoms with E-state index >= 15 is 0 Å².